The highest BCUT2D eigenvalue weighted by Gasteiger charge is 2.17. The Balaban J connectivity index is 1.45. The van der Waals surface area contributed by atoms with Crippen molar-refractivity contribution in [1.29, 1.82) is 0 Å². The standard InChI is InChI=1S/C19H29N3O2/c23-18-8-13-22(14-9-18)17-6-4-16(5-7-17)19(24)20-10-15-21-11-2-1-3-12-21/h4-7,18,23H,1-3,8-15H2,(H,20,24). The largest absolute Gasteiger partial charge is 0.393 e. The number of nitrogens with one attached hydrogen (secondary N) is 1. The minimum absolute atomic E-state index is 0.00706. The van der Waals surface area contributed by atoms with Crippen LogP contribution in [0.1, 0.15) is 42.5 Å². The van der Waals surface area contributed by atoms with Crippen molar-refractivity contribution in [1.82, 2.24) is 10.2 Å². The maximum Gasteiger partial charge on any atom is 0.251 e. The van der Waals surface area contributed by atoms with Crippen LogP contribution in [0.15, 0.2) is 24.3 Å². The minimum atomic E-state index is -0.161. The molecule has 0 bridgehead atoms. The number of anilines is 1. The van der Waals surface area contributed by atoms with Crippen molar-refractivity contribution in [3.05, 3.63) is 29.8 Å². The van der Waals surface area contributed by atoms with Gasteiger partial charge in [0, 0.05) is 37.4 Å². The summed E-state index contributed by atoms with van der Waals surface area (Å²) in [5.41, 5.74) is 1.85. The number of rotatable bonds is 5. The molecule has 5 nitrogen and oxygen atoms in total. The highest BCUT2D eigenvalue weighted by molar-refractivity contribution is 5.94. The third-order valence-electron chi connectivity index (χ3n) is 5.12. The van der Waals surface area contributed by atoms with Crippen molar-refractivity contribution < 1.29 is 9.90 Å². The number of likely N-dealkylation sites (tertiary alicyclic amines) is 1. The molecule has 2 N–H and O–H groups in total. The Morgan fingerprint density at radius 1 is 1.04 bits per heavy atom. The van der Waals surface area contributed by atoms with Gasteiger partial charge in [-0.05, 0) is 63.0 Å². The average Bonchev–Trinajstić information content (AvgIpc) is 2.63. The van der Waals surface area contributed by atoms with Crippen LogP contribution in [0.4, 0.5) is 5.69 Å². The highest BCUT2D eigenvalue weighted by atomic mass is 16.3. The number of piperidine rings is 2. The van der Waals surface area contributed by atoms with Crippen LogP contribution in [0.3, 0.4) is 0 Å². The van der Waals surface area contributed by atoms with E-state index in [2.05, 4.69) is 15.1 Å². The Morgan fingerprint density at radius 3 is 2.38 bits per heavy atom. The van der Waals surface area contributed by atoms with Crippen LogP contribution < -0.4 is 10.2 Å². The maximum absolute atomic E-state index is 12.2. The normalized spacial score (nSPS) is 20.1. The molecule has 1 amide bonds. The molecule has 0 aliphatic carbocycles. The van der Waals surface area contributed by atoms with E-state index in [4.69, 9.17) is 0 Å². The van der Waals surface area contributed by atoms with Crippen LogP contribution in [0.2, 0.25) is 0 Å². The second kappa shape index (κ2) is 8.49. The monoisotopic (exact) mass is 331 g/mol. The maximum atomic E-state index is 12.2. The summed E-state index contributed by atoms with van der Waals surface area (Å²) in [6.45, 7) is 5.74. The molecule has 2 fully saturated rings. The van der Waals surface area contributed by atoms with Crippen molar-refractivity contribution >= 4 is 11.6 Å². The number of benzene rings is 1. The summed E-state index contributed by atoms with van der Waals surface area (Å²) in [5.74, 6) is 0.00706. The summed E-state index contributed by atoms with van der Waals surface area (Å²) in [5, 5.41) is 12.6. The van der Waals surface area contributed by atoms with Crippen LogP contribution in [0.25, 0.3) is 0 Å². The molecule has 0 spiro atoms. The lowest BCUT2D eigenvalue weighted by Gasteiger charge is -2.31. The van der Waals surface area contributed by atoms with E-state index >= 15 is 0 Å². The fraction of sp³-hybridized carbons (Fsp3) is 0.632. The Kier molecular flexibility index (Phi) is 6.10. The van der Waals surface area contributed by atoms with Gasteiger partial charge < -0.3 is 20.2 Å². The number of hydrogen-bond acceptors (Lipinski definition) is 4. The smallest absolute Gasteiger partial charge is 0.251 e. The second-order valence-electron chi connectivity index (χ2n) is 6.92. The van der Waals surface area contributed by atoms with Gasteiger partial charge in [0.2, 0.25) is 0 Å². The van der Waals surface area contributed by atoms with E-state index in [1.807, 2.05) is 24.3 Å². The van der Waals surface area contributed by atoms with E-state index in [-0.39, 0.29) is 12.0 Å². The third-order valence-corrected chi connectivity index (χ3v) is 5.12. The summed E-state index contributed by atoms with van der Waals surface area (Å²) in [6.07, 6.45) is 5.38. The Morgan fingerprint density at radius 2 is 1.71 bits per heavy atom. The van der Waals surface area contributed by atoms with Crippen LogP contribution in [0, 0.1) is 0 Å². The van der Waals surface area contributed by atoms with Gasteiger partial charge in [-0.25, -0.2) is 0 Å². The summed E-state index contributed by atoms with van der Waals surface area (Å²) in [6, 6.07) is 7.82. The summed E-state index contributed by atoms with van der Waals surface area (Å²) >= 11 is 0. The van der Waals surface area contributed by atoms with Crippen molar-refractivity contribution in [2.75, 3.05) is 44.2 Å². The topological polar surface area (TPSA) is 55.8 Å². The highest BCUT2D eigenvalue weighted by Crippen LogP contribution is 2.20. The van der Waals surface area contributed by atoms with E-state index in [9.17, 15) is 9.90 Å². The number of amides is 1. The lowest BCUT2D eigenvalue weighted by molar-refractivity contribution is 0.0946. The number of aliphatic hydroxyl groups excluding tert-OH is 1. The fourth-order valence-electron chi connectivity index (χ4n) is 3.56. The number of carbonyl (C=O) groups excluding carboxylic acids is 1. The number of hydrogen-bond donors (Lipinski definition) is 2. The summed E-state index contributed by atoms with van der Waals surface area (Å²) < 4.78 is 0. The van der Waals surface area contributed by atoms with Gasteiger partial charge in [-0.15, -0.1) is 0 Å². The van der Waals surface area contributed by atoms with Gasteiger partial charge in [0.25, 0.3) is 5.91 Å². The predicted molar refractivity (Wildman–Crippen MR) is 96.5 cm³/mol. The van der Waals surface area contributed by atoms with Crippen LogP contribution in [-0.4, -0.2) is 61.3 Å². The van der Waals surface area contributed by atoms with E-state index in [0.29, 0.717) is 6.54 Å². The molecule has 0 atom stereocenters. The first kappa shape index (κ1) is 17.2. The van der Waals surface area contributed by atoms with E-state index < -0.39 is 0 Å². The fourth-order valence-corrected chi connectivity index (χ4v) is 3.56. The lowest BCUT2D eigenvalue weighted by atomic mass is 10.1. The van der Waals surface area contributed by atoms with Crippen LogP contribution in [-0.2, 0) is 0 Å². The predicted octanol–water partition coefficient (Wildman–Crippen LogP) is 1.86. The molecule has 132 valence electrons. The van der Waals surface area contributed by atoms with Crippen molar-refractivity contribution in [2.24, 2.45) is 0 Å². The first-order valence-corrected chi connectivity index (χ1v) is 9.26. The Labute approximate surface area is 144 Å². The van der Waals surface area contributed by atoms with Crippen molar-refractivity contribution in [3.63, 3.8) is 0 Å². The molecule has 2 heterocycles. The van der Waals surface area contributed by atoms with Crippen LogP contribution in [0.5, 0.6) is 0 Å². The molecule has 3 rings (SSSR count). The van der Waals surface area contributed by atoms with Gasteiger partial charge in [0.05, 0.1) is 6.10 Å². The van der Waals surface area contributed by atoms with Crippen molar-refractivity contribution in [2.45, 2.75) is 38.2 Å². The lowest BCUT2D eigenvalue weighted by Crippen LogP contribution is -2.37. The van der Waals surface area contributed by atoms with Gasteiger partial charge in [0.15, 0.2) is 0 Å². The molecule has 1 aromatic carbocycles. The molecule has 2 aliphatic heterocycles. The molecule has 1 aromatic rings. The molecule has 2 aliphatic rings. The Bertz CT molecular complexity index is 518. The van der Waals surface area contributed by atoms with Crippen molar-refractivity contribution in [3.8, 4) is 0 Å². The van der Waals surface area contributed by atoms with Gasteiger partial charge in [0.1, 0.15) is 0 Å². The van der Waals surface area contributed by atoms with E-state index in [1.54, 1.807) is 0 Å². The molecular weight excluding hydrogens is 302 g/mol. The van der Waals surface area contributed by atoms with Crippen LogP contribution >= 0.6 is 0 Å². The van der Waals surface area contributed by atoms with Gasteiger partial charge in [-0.3, -0.25) is 4.79 Å². The number of nitrogens with zero attached hydrogens (tertiary/aromatic N) is 2. The molecule has 2 saturated heterocycles. The molecule has 0 unspecified atom stereocenters. The number of carbonyl (C=O) groups is 1. The van der Waals surface area contributed by atoms with E-state index in [0.717, 1.165) is 56.8 Å². The second-order valence-corrected chi connectivity index (χ2v) is 6.92. The molecule has 5 heteroatoms. The minimum Gasteiger partial charge on any atom is -0.393 e. The van der Waals surface area contributed by atoms with Gasteiger partial charge >= 0.3 is 0 Å². The average molecular weight is 331 g/mol. The summed E-state index contributed by atoms with van der Waals surface area (Å²) in [4.78, 5) is 16.9. The summed E-state index contributed by atoms with van der Waals surface area (Å²) in [7, 11) is 0. The first-order valence-electron chi connectivity index (χ1n) is 9.26. The molecular formula is C19H29N3O2. The molecule has 0 radical (unpaired) electrons. The first-order chi connectivity index (χ1) is 11.7. The van der Waals surface area contributed by atoms with Gasteiger partial charge in [-0.1, -0.05) is 6.42 Å². The molecule has 0 saturated carbocycles. The zero-order chi connectivity index (χ0) is 16.8. The van der Waals surface area contributed by atoms with Gasteiger partial charge in [-0.2, -0.15) is 0 Å². The zero-order valence-corrected chi connectivity index (χ0v) is 14.4. The van der Waals surface area contributed by atoms with E-state index in [1.165, 1.54) is 19.3 Å². The Hall–Kier alpha value is -1.59. The zero-order valence-electron chi connectivity index (χ0n) is 14.4. The quantitative estimate of drug-likeness (QED) is 0.865. The number of aliphatic hydroxyl groups is 1. The molecule has 0 aromatic heterocycles. The SMILES string of the molecule is O=C(NCCN1CCCCC1)c1ccc(N2CCC(O)CC2)cc1. The third kappa shape index (κ3) is 4.71. The molecule has 24 heavy (non-hydrogen) atoms.